The van der Waals surface area contributed by atoms with E-state index in [1.165, 1.54) is 33.0 Å². The number of hydrogen-bond acceptors (Lipinski definition) is 4. The lowest BCUT2D eigenvalue weighted by molar-refractivity contribution is 0.661. The molecule has 2 heterocycles. The van der Waals surface area contributed by atoms with Gasteiger partial charge in [0.2, 0.25) is 0 Å². The van der Waals surface area contributed by atoms with Gasteiger partial charge in [-0.25, -0.2) is 19.9 Å². The number of rotatable bonds is 6. The highest BCUT2D eigenvalue weighted by molar-refractivity contribution is 6.03. The molecule has 0 unspecified atom stereocenters. The van der Waals surface area contributed by atoms with E-state index in [2.05, 4.69) is 172 Å². The molecular weight excluding hydrogens is 717 g/mol. The average molecular weight is 755 g/mol. The Kier molecular flexibility index (Phi) is 8.12. The van der Waals surface area contributed by atoms with Gasteiger partial charge in [0.25, 0.3) is 0 Å². The van der Waals surface area contributed by atoms with Crippen molar-refractivity contribution in [1.82, 2.24) is 19.9 Å². The van der Waals surface area contributed by atoms with Crippen LogP contribution in [-0.2, 0) is 5.41 Å². The van der Waals surface area contributed by atoms with Crippen molar-refractivity contribution < 1.29 is 0 Å². The van der Waals surface area contributed by atoms with Crippen molar-refractivity contribution in [3.8, 4) is 78.8 Å². The van der Waals surface area contributed by atoms with Crippen LogP contribution >= 0.6 is 0 Å². The Labute approximate surface area is 343 Å². The maximum atomic E-state index is 5.46. The summed E-state index contributed by atoms with van der Waals surface area (Å²) in [5.41, 5.74) is 15.1. The van der Waals surface area contributed by atoms with E-state index in [-0.39, 0.29) is 5.41 Å². The maximum absolute atomic E-state index is 5.46. The fraction of sp³-hybridized carbons (Fsp3) is 0.0545. The van der Waals surface area contributed by atoms with E-state index in [1.807, 2.05) is 36.4 Å². The van der Waals surface area contributed by atoms with E-state index in [4.69, 9.17) is 19.9 Å². The molecule has 0 saturated heterocycles. The molecular formula is C55H38N4. The zero-order chi connectivity index (χ0) is 39.5. The van der Waals surface area contributed by atoms with E-state index in [9.17, 15) is 0 Å². The zero-order valence-electron chi connectivity index (χ0n) is 32.8. The van der Waals surface area contributed by atoms with Crippen molar-refractivity contribution in [3.63, 3.8) is 0 Å². The third-order valence-electron chi connectivity index (χ3n) is 11.9. The van der Waals surface area contributed by atoms with Gasteiger partial charge in [0.1, 0.15) is 0 Å². The number of fused-ring (bicyclic) bond motifs is 5. The molecule has 0 aliphatic heterocycles. The SMILES string of the molecule is CC1(C)c2ccccc2-c2cc3c(-c4cc(-c5ccccc5)cc(-c5nc(-c6ccccc6)nc(-c6ccccc6)n5)c4)cc(-c4ccc5ccccc5c4)nc3cc21. The zero-order valence-corrected chi connectivity index (χ0v) is 32.8. The first-order valence-electron chi connectivity index (χ1n) is 20.1. The molecule has 0 N–H and O–H groups in total. The van der Waals surface area contributed by atoms with Gasteiger partial charge in [0.15, 0.2) is 17.5 Å². The van der Waals surface area contributed by atoms with Crippen LogP contribution in [0.5, 0.6) is 0 Å². The minimum atomic E-state index is -0.160. The molecule has 59 heavy (non-hydrogen) atoms. The first-order chi connectivity index (χ1) is 29.0. The Morgan fingerprint density at radius 3 is 1.58 bits per heavy atom. The lowest BCUT2D eigenvalue weighted by atomic mass is 9.82. The highest BCUT2D eigenvalue weighted by Crippen LogP contribution is 2.51. The van der Waals surface area contributed by atoms with Crippen LogP contribution in [0.1, 0.15) is 25.0 Å². The normalized spacial score (nSPS) is 12.7. The van der Waals surface area contributed by atoms with Gasteiger partial charge in [-0.05, 0) is 97.7 Å². The Morgan fingerprint density at radius 1 is 0.322 bits per heavy atom. The summed E-state index contributed by atoms with van der Waals surface area (Å²) in [5.74, 6) is 1.87. The third kappa shape index (κ3) is 6.09. The van der Waals surface area contributed by atoms with E-state index in [0.717, 1.165) is 61.1 Å². The third-order valence-corrected chi connectivity index (χ3v) is 11.9. The number of pyridine rings is 1. The number of benzene rings is 8. The molecule has 0 amide bonds. The quantitative estimate of drug-likeness (QED) is 0.170. The van der Waals surface area contributed by atoms with Crippen LogP contribution in [0, 0.1) is 0 Å². The number of hydrogen-bond donors (Lipinski definition) is 0. The summed E-state index contributed by atoms with van der Waals surface area (Å²) < 4.78 is 0. The molecule has 0 fully saturated rings. The van der Waals surface area contributed by atoms with E-state index < -0.39 is 0 Å². The van der Waals surface area contributed by atoms with Crippen molar-refractivity contribution in [2.24, 2.45) is 0 Å². The molecule has 4 nitrogen and oxygen atoms in total. The first kappa shape index (κ1) is 34.7. The molecule has 278 valence electrons. The van der Waals surface area contributed by atoms with Crippen LogP contribution < -0.4 is 0 Å². The Balaban J connectivity index is 1.20. The second-order valence-corrected chi connectivity index (χ2v) is 15.9. The van der Waals surface area contributed by atoms with Crippen LogP contribution in [-0.4, -0.2) is 19.9 Å². The largest absolute Gasteiger partial charge is 0.248 e. The van der Waals surface area contributed by atoms with E-state index in [0.29, 0.717) is 17.5 Å². The summed E-state index contributed by atoms with van der Waals surface area (Å²) >= 11 is 0. The minimum Gasteiger partial charge on any atom is -0.248 e. The molecule has 0 saturated carbocycles. The molecule has 0 spiro atoms. The van der Waals surface area contributed by atoms with Gasteiger partial charge in [0.05, 0.1) is 11.2 Å². The first-order valence-corrected chi connectivity index (χ1v) is 20.1. The summed E-state index contributed by atoms with van der Waals surface area (Å²) in [6, 6.07) is 68.6. The minimum absolute atomic E-state index is 0.160. The number of aromatic nitrogens is 4. The van der Waals surface area contributed by atoms with Crippen molar-refractivity contribution in [1.29, 1.82) is 0 Å². The van der Waals surface area contributed by atoms with Gasteiger partial charge in [-0.1, -0.05) is 166 Å². The van der Waals surface area contributed by atoms with Crippen LogP contribution in [0.4, 0.5) is 0 Å². The Hall–Kier alpha value is -7.56. The second kappa shape index (κ2) is 13.8. The average Bonchev–Trinajstić information content (AvgIpc) is 3.53. The van der Waals surface area contributed by atoms with Crippen molar-refractivity contribution in [2.45, 2.75) is 19.3 Å². The summed E-state index contributed by atoms with van der Waals surface area (Å²) in [4.78, 5) is 20.8. The van der Waals surface area contributed by atoms with Crippen LogP contribution in [0.25, 0.3) is 100 Å². The molecule has 4 heteroatoms. The highest BCUT2D eigenvalue weighted by atomic mass is 15.0. The van der Waals surface area contributed by atoms with Crippen molar-refractivity contribution >= 4 is 21.7 Å². The smallest absolute Gasteiger partial charge is 0.164 e. The van der Waals surface area contributed by atoms with Gasteiger partial charge < -0.3 is 0 Å². The molecule has 2 aromatic heterocycles. The van der Waals surface area contributed by atoms with Gasteiger partial charge in [-0.2, -0.15) is 0 Å². The fourth-order valence-electron chi connectivity index (χ4n) is 8.80. The van der Waals surface area contributed by atoms with Crippen molar-refractivity contribution in [3.05, 3.63) is 205 Å². The predicted molar refractivity (Wildman–Crippen MR) is 243 cm³/mol. The molecule has 0 bridgehead atoms. The lowest BCUT2D eigenvalue weighted by Crippen LogP contribution is -2.14. The number of nitrogens with zero attached hydrogens (tertiary/aromatic N) is 4. The maximum Gasteiger partial charge on any atom is 0.164 e. The molecule has 1 aliphatic rings. The van der Waals surface area contributed by atoms with E-state index in [1.54, 1.807) is 0 Å². The van der Waals surface area contributed by atoms with Crippen molar-refractivity contribution in [2.75, 3.05) is 0 Å². The van der Waals surface area contributed by atoms with Gasteiger partial charge >= 0.3 is 0 Å². The highest BCUT2D eigenvalue weighted by Gasteiger charge is 2.36. The summed E-state index contributed by atoms with van der Waals surface area (Å²) in [5, 5.41) is 3.49. The molecule has 11 rings (SSSR count). The summed E-state index contributed by atoms with van der Waals surface area (Å²) in [7, 11) is 0. The molecule has 0 radical (unpaired) electrons. The lowest BCUT2D eigenvalue weighted by Gasteiger charge is -2.22. The summed E-state index contributed by atoms with van der Waals surface area (Å²) in [6.45, 7) is 4.66. The van der Waals surface area contributed by atoms with Crippen LogP contribution in [0.3, 0.4) is 0 Å². The fourth-order valence-corrected chi connectivity index (χ4v) is 8.80. The monoisotopic (exact) mass is 754 g/mol. The molecule has 8 aromatic carbocycles. The van der Waals surface area contributed by atoms with Gasteiger partial charge in [0, 0.05) is 33.1 Å². The van der Waals surface area contributed by atoms with Gasteiger partial charge in [-0.3, -0.25) is 0 Å². The summed E-state index contributed by atoms with van der Waals surface area (Å²) in [6.07, 6.45) is 0. The Bertz CT molecular complexity index is 3170. The molecule has 1 aliphatic carbocycles. The predicted octanol–water partition coefficient (Wildman–Crippen LogP) is 13.9. The molecule has 0 atom stereocenters. The molecule has 10 aromatic rings. The van der Waals surface area contributed by atoms with Crippen LogP contribution in [0.15, 0.2) is 194 Å². The standard InChI is InChI=1S/C55H38N4/c1-55(2)48-25-15-14-24-44(48)46-32-47-45(33-50(56-51(47)34-49(46)55)40-27-26-36-18-12-13-23-39(36)28-40)42-29-41(35-16-6-3-7-17-35)30-43(31-42)54-58-52(37-19-8-4-9-20-37)57-53(59-54)38-21-10-5-11-22-38/h3-34H,1-2H3. The topological polar surface area (TPSA) is 51.6 Å². The van der Waals surface area contributed by atoms with E-state index >= 15 is 0 Å². The van der Waals surface area contributed by atoms with Gasteiger partial charge in [-0.15, -0.1) is 0 Å². The second-order valence-electron chi connectivity index (χ2n) is 15.9. The van der Waals surface area contributed by atoms with Crippen LogP contribution in [0.2, 0.25) is 0 Å². The Morgan fingerprint density at radius 2 is 0.881 bits per heavy atom.